The van der Waals surface area contributed by atoms with Gasteiger partial charge in [0.25, 0.3) is 0 Å². The largest absolute Gasteiger partial charge is 0.243 e. The van der Waals surface area contributed by atoms with Gasteiger partial charge in [-0.2, -0.15) is 4.39 Å². The summed E-state index contributed by atoms with van der Waals surface area (Å²) in [4.78, 5) is 4.40. The second-order valence-electron chi connectivity index (χ2n) is 4.77. The van der Waals surface area contributed by atoms with Crippen LogP contribution in [0.15, 0.2) is 0 Å². The van der Waals surface area contributed by atoms with Crippen molar-refractivity contribution in [3.63, 3.8) is 0 Å². The highest BCUT2D eigenvalue weighted by Crippen LogP contribution is 2.36. The first-order valence-corrected chi connectivity index (χ1v) is 6.98. The second kappa shape index (κ2) is 5.76. The van der Waals surface area contributed by atoms with Gasteiger partial charge in [0.05, 0.1) is 10.7 Å². The van der Waals surface area contributed by atoms with Crippen LogP contribution in [0, 0.1) is 12.1 Å². The Morgan fingerprint density at radius 3 is 2.38 bits per heavy atom. The molecule has 1 nitrogen and oxygen atoms in total. The first-order valence-electron chi connectivity index (χ1n) is 6.17. The van der Waals surface area contributed by atoms with E-state index in [2.05, 4.69) is 25.8 Å². The van der Waals surface area contributed by atoms with Gasteiger partial charge in [0.2, 0.25) is 0 Å². The summed E-state index contributed by atoms with van der Waals surface area (Å²) in [5, 5.41) is 0.760. The smallest absolute Gasteiger partial charge is 0.200 e. The third-order valence-electron chi connectivity index (χ3n) is 3.15. The molecule has 0 aliphatic carbocycles. The van der Waals surface area contributed by atoms with E-state index in [0.717, 1.165) is 37.1 Å². The van der Waals surface area contributed by atoms with E-state index >= 15 is 0 Å². The number of nitrogens with zero attached hydrogens (tertiary/aromatic N) is 1. The first-order chi connectivity index (χ1) is 7.53. The van der Waals surface area contributed by atoms with Gasteiger partial charge in [-0.1, -0.05) is 51.4 Å². The van der Waals surface area contributed by atoms with Crippen LogP contribution >= 0.6 is 11.3 Å². The lowest BCUT2D eigenvalue weighted by Gasteiger charge is -2.27. The minimum atomic E-state index is -0.0791. The lowest BCUT2D eigenvalue weighted by Crippen LogP contribution is -2.23. The number of halogens is 1. The van der Waals surface area contributed by atoms with Crippen LogP contribution in [0.4, 0.5) is 4.39 Å². The van der Waals surface area contributed by atoms with Crippen molar-refractivity contribution < 1.29 is 4.39 Å². The molecule has 0 spiro atoms. The third kappa shape index (κ3) is 3.03. The zero-order valence-corrected chi connectivity index (χ0v) is 11.6. The van der Waals surface area contributed by atoms with Crippen LogP contribution in [0.1, 0.15) is 63.6 Å². The average Bonchev–Trinajstić information content (AvgIpc) is 2.56. The van der Waals surface area contributed by atoms with Crippen molar-refractivity contribution in [3.05, 3.63) is 15.8 Å². The van der Waals surface area contributed by atoms with Crippen LogP contribution < -0.4 is 0 Å². The third-order valence-corrected chi connectivity index (χ3v) is 3.91. The van der Waals surface area contributed by atoms with Crippen LogP contribution in [0.3, 0.4) is 0 Å². The van der Waals surface area contributed by atoms with Crippen LogP contribution in [0.25, 0.3) is 0 Å². The van der Waals surface area contributed by atoms with Gasteiger partial charge in [-0.25, -0.2) is 4.98 Å². The number of aryl methyl sites for hydroxylation is 1. The van der Waals surface area contributed by atoms with Crippen LogP contribution in [0.2, 0.25) is 0 Å². The molecule has 92 valence electrons. The van der Waals surface area contributed by atoms with Crippen LogP contribution in [-0.4, -0.2) is 4.98 Å². The van der Waals surface area contributed by atoms with Gasteiger partial charge in [0, 0.05) is 5.41 Å². The molecular weight excluding hydrogens is 221 g/mol. The number of hydrogen-bond donors (Lipinski definition) is 0. The Morgan fingerprint density at radius 2 is 1.94 bits per heavy atom. The van der Waals surface area contributed by atoms with E-state index < -0.39 is 0 Å². The first kappa shape index (κ1) is 13.6. The van der Waals surface area contributed by atoms with Crippen molar-refractivity contribution in [3.8, 4) is 0 Å². The molecule has 3 heteroatoms. The fourth-order valence-electron chi connectivity index (χ4n) is 2.25. The molecule has 0 aliphatic heterocycles. The molecule has 0 saturated carbocycles. The highest BCUT2D eigenvalue weighted by atomic mass is 32.1. The highest BCUT2D eigenvalue weighted by molar-refractivity contribution is 7.10. The molecule has 0 radical (unpaired) electrons. The summed E-state index contributed by atoms with van der Waals surface area (Å²) in [5.41, 5.74) is 0.630. The van der Waals surface area contributed by atoms with Crippen LogP contribution in [0.5, 0.6) is 0 Å². The Morgan fingerprint density at radius 1 is 1.25 bits per heavy atom. The maximum atomic E-state index is 13.8. The molecule has 0 aliphatic rings. The fourth-order valence-corrected chi connectivity index (χ4v) is 3.04. The van der Waals surface area contributed by atoms with Crippen molar-refractivity contribution in [2.45, 2.75) is 65.2 Å². The summed E-state index contributed by atoms with van der Waals surface area (Å²) in [7, 11) is 0. The van der Waals surface area contributed by atoms with Crippen molar-refractivity contribution in [2.24, 2.45) is 0 Å². The molecule has 1 rings (SSSR count). The van der Waals surface area contributed by atoms with Crippen molar-refractivity contribution in [1.29, 1.82) is 0 Å². The minimum absolute atomic E-state index is 0.0698. The van der Waals surface area contributed by atoms with E-state index in [-0.39, 0.29) is 10.5 Å². The van der Waals surface area contributed by atoms with E-state index in [1.165, 1.54) is 11.3 Å². The Kier molecular flexibility index (Phi) is 4.90. The fraction of sp³-hybridized carbons (Fsp3) is 0.769. The number of unbranched alkanes of at least 4 members (excludes halogenated alkanes) is 1. The normalized spacial score (nSPS) is 15.1. The van der Waals surface area contributed by atoms with Gasteiger partial charge >= 0.3 is 0 Å². The van der Waals surface area contributed by atoms with E-state index in [0.29, 0.717) is 5.69 Å². The summed E-state index contributed by atoms with van der Waals surface area (Å²) in [6.45, 7) is 8.36. The molecule has 1 aromatic rings. The van der Waals surface area contributed by atoms with Gasteiger partial charge in [0.1, 0.15) is 0 Å². The monoisotopic (exact) mass is 243 g/mol. The van der Waals surface area contributed by atoms with Crippen LogP contribution in [-0.2, 0) is 5.41 Å². The quantitative estimate of drug-likeness (QED) is 0.696. The molecule has 1 unspecified atom stereocenters. The molecule has 1 aromatic heterocycles. The number of hydrogen-bond acceptors (Lipinski definition) is 2. The summed E-state index contributed by atoms with van der Waals surface area (Å²) in [6.07, 6.45) is 5.44. The predicted molar refractivity (Wildman–Crippen MR) is 68.6 cm³/mol. The number of rotatable bonds is 6. The summed E-state index contributed by atoms with van der Waals surface area (Å²) in [6, 6.07) is 0. The molecule has 0 saturated heterocycles. The summed E-state index contributed by atoms with van der Waals surface area (Å²) >= 11 is 1.18. The van der Waals surface area contributed by atoms with Gasteiger partial charge in [-0.15, -0.1) is 0 Å². The molecule has 0 fully saturated rings. The Labute approximate surface area is 102 Å². The Balaban J connectivity index is 2.95. The molecule has 0 aromatic carbocycles. The van der Waals surface area contributed by atoms with Gasteiger partial charge in [-0.05, 0) is 19.8 Å². The topological polar surface area (TPSA) is 12.9 Å². The highest BCUT2D eigenvalue weighted by Gasteiger charge is 2.31. The molecule has 16 heavy (non-hydrogen) atoms. The van der Waals surface area contributed by atoms with E-state index in [1.807, 2.05) is 6.92 Å². The molecule has 1 heterocycles. The standard InChI is InChI=1S/C13H22FNS/c1-5-7-9-13(4,8-6-2)11-12(14)16-10(3)15-11/h5-9H2,1-4H3. The van der Waals surface area contributed by atoms with Crippen molar-refractivity contribution >= 4 is 11.3 Å². The Hall–Kier alpha value is -0.440. The molecule has 0 N–H and O–H groups in total. The maximum absolute atomic E-state index is 13.8. The second-order valence-corrected chi connectivity index (χ2v) is 5.92. The van der Waals surface area contributed by atoms with Crippen molar-refractivity contribution in [2.75, 3.05) is 0 Å². The summed E-state index contributed by atoms with van der Waals surface area (Å²) in [5.74, 6) is 0. The lowest BCUT2D eigenvalue weighted by molar-refractivity contribution is 0.360. The lowest BCUT2D eigenvalue weighted by atomic mass is 9.78. The van der Waals surface area contributed by atoms with E-state index in [4.69, 9.17) is 0 Å². The van der Waals surface area contributed by atoms with Gasteiger partial charge < -0.3 is 0 Å². The predicted octanol–water partition coefficient (Wildman–Crippen LogP) is 4.84. The zero-order chi connectivity index (χ0) is 12.2. The zero-order valence-electron chi connectivity index (χ0n) is 10.8. The molecule has 0 bridgehead atoms. The molecule has 0 amide bonds. The van der Waals surface area contributed by atoms with E-state index in [1.54, 1.807) is 0 Å². The van der Waals surface area contributed by atoms with E-state index in [9.17, 15) is 4.39 Å². The van der Waals surface area contributed by atoms with Gasteiger partial charge in [0.15, 0.2) is 5.13 Å². The molecular formula is C13H22FNS. The summed E-state index contributed by atoms with van der Waals surface area (Å²) < 4.78 is 13.8. The SMILES string of the molecule is CCCCC(C)(CCC)c1nc(C)sc1F. The Bertz CT molecular complexity index is 335. The van der Waals surface area contributed by atoms with Crippen molar-refractivity contribution in [1.82, 2.24) is 4.98 Å². The maximum Gasteiger partial charge on any atom is 0.200 e. The average molecular weight is 243 g/mol. The minimum Gasteiger partial charge on any atom is -0.243 e. The number of thiazole rings is 1. The number of aromatic nitrogens is 1. The molecule has 1 atom stereocenters. The van der Waals surface area contributed by atoms with Gasteiger partial charge in [-0.3, -0.25) is 0 Å².